The number of aromatic nitrogens is 1. The molecule has 0 saturated carbocycles. The van der Waals surface area contributed by atoms with Gasteiger partial charge in [-0.05, 0) is 72.1 Å². The standard InChI is InChI=1S/C33H26N4O2/c1-22-19-25(35-32(38)28-12-4-3-11-27(28)23-10-8-18-34-20-23)16-17-26(22)33(39)37-21-24-9-2-5-13-29(24)36-30-14-6-7-15-31(30)37/h2-20,36H,21H2,1H3,(H,35,38). The minimum absolute atomic E-state index is 0.0988. The smallest absolute Gasteiger partial charge is 0.258 e. The van der Waals surface area contributed by atoms with Crippen molar-refractivity contribution in [2.45, 2.75) is 13.5 Å². The van der Waals surface area contributed by atoms with Crippen LogP contribution in [0.4, 0.5) is 22.7 Å². The van der Waals surface area contributed by atoms with Crippen molar-refractivity contribution in [2.24, 2.45) is 0 Å². The van der Waals surface area contributed by atoms with Crippen molar-refractivity contribution in [3.8, 4) is 11.1 Å². The lowest BCUT2D eigenvalue weighted by Crippen LogP contribution is -2.30. The van der Waals surface area contributed by atoms with Crippen molar-refractivity contribution in [3.05, 3.63) is 138 Å². The topological polar surface area (TPSA) is 74.3 Å². The zero-order valence-electron chi connectivity index (χ0n) is 21.4. The van der Waals surface area contributed by atoms with Gasteiger partial charge in [0, 0.05) is 40.5 Å². The minimum atomic E-state index is -0.225. The summed E-state index contributed by atoms with van der Waals surface area (Å²) < 4.78 is 0. The van der Waals surface area contributed by atoms with E-state index in [4.69, 9.17) is 0 Å². The van der Waals surface area contributed by atoms with Gasteiger partial charge in [-0.2, -0.15) is 0 Å². The number of nitrogens with zero attached hydrogens (tertiary/aromatic N) is 2. The Hall–Kier alpha value is -5.23. The molecular weight excluding hydrogens is 484 g/mol. The minimum Gasteiger partial charge on any atom is -0.354 e. The third-order valence-electron chi connectivity index (χ3n) is 6.91. The van der Waals surface area contributed by atoms with E-state index < -0.39 is 0 Å². The van der Waals surface area contributed by atoms with Gasteiger partial charge in [0.1, 0.15) is 0 Å². The number of pyridine rings is 1. The van der Waals surface area contributed by atoms with Crippen LogP contribution in [-0.2, 0) is 6.54 Å². The fourth-order valence-electron chi connectivity index (χ4n) is 4.96. The number of benzene rings is 4. The van der Waals surface area contributed by atoms with E-state index in [-0.39, 0.29) is 11.8 Å². The van der Waals surface area contributed by atoms with Crippen LogP contribution in [0, 0.1) is 6.92 Å². The van der Waals surface area contributed by atoms with E-state index >= 15 is 0 Å². The number of carbonyl (C=O) groups excluding carboxylic acids is 2. The number of hydrogen-bond acceptors (Lipinski definition) is 4. The van der Waals surface area contributed by atoms with Gasteiger partial charge in [-0.15, -0.1) is 0 Å². The summed E-state index contributed by atoms with van der Waals surface area (Å²) in [5.74, 6) is -0.324. The molecular formula is C33H26N4O2. The fraction of sp³-hybridized carbons (Fsp3) is 0.0606. The first-order valence-corrected chi connectivity index (χ1v) is 12.8. The predicted octanol–water partition coefficient (Wildman–Crippen LogP) is 7.21. The first kappa shape index (κ1) is 24.1. The van der Waals surface area contributed by atoms with E-state index in [9.17, 15) is 9.59 Å². The number of anilines is 4. The van der Waals surface area contributed by atoms with Crippen LogP contribution in [0.15, 0.2) is 116 Å². The monoisotopic (exact) mass is 510 g/mol. The van der Waals surface area contributed by atoms with Gasteiger partial charge in [0.15, 0.2) is 0 Å². The third kappa shape index (κ3) is 4.76. The van der Waals surface area contributed by atoms with Crippen LogP contribution in [0.1, 0.15) is 31.8 Å². The largest absolute Gasteiger partial charge is 0.354 e. The highest BCUT2D eigenvalue weighted by Gasteiger charge is 2.26. The SMILES string of the molecule is Cc1cc(NC(=O)c2ccccc2-c2cccnc2)ccc1C(=O)N1Cc2ccccc2Nc2ccccc21. The maximum atomic E-state index is 13.9. The molecule has 1 aliphatic heterocycles. The summed E-state index contributed by atoms with van der Waals surface area (Å²) in [4.78, 5) is 33.2. The number of hydrogen-bond donors (Lipinski definition) is 2. The predicted molar refractivity (Wildman–Crippen MR) is 155 cm³/mol. The van der Waals surface area contributed by atoms with Gasteiger partial charge < -0.3 is 15.5 Å². The quantitative estimate of drug-likeness (QED) is 0.268. The summed E-state index contributed by atoms with van der Waals surface area (Å²) in [6.45, 7) is 2.34. The second-order valence-electron chi connectivity index (χ2n) is 9.46. The Labute approximate surface area is 227 Å². The van der Waals surface area contributed by atoms with Crippen LogP contribution in [0.3, 0.4) is 0 Å². The molecule has 0 unspecified atom stereocenters. The van der Waals surface area contributed by atoms with Crippen LogP contribution in [0.25, 0.3) is 11.1 Å². The molecule has 0 atom stereocenters. The number of para-hydroxylation sites is 3. The first-order chi connectivity index (χ1) is 19.1. The second kappa shape index (κ2) is 10.3. The summed E-state index contributed by atoms with van der Waals surface area (Å²) in [6, 6.07) is 32.5. The van der Waals surface area contributed by atoms with Gasteiger partial charge in [0.05, 0.1) is 17.9 Å². The van der Waals surface area contributed by atoms with E-state index in [0.717, 1.165) is 39.3 Å². The maximum Gasteiger partial charge on any atom is 0.258 e. The lowest BCUT2D eigenvalue weighted by molar-refractivity contribution is 0.0983. The summed E-state index contributed by atoms with van der Waals surface area (Å²) in [5, 5.41) is 6.47. The van der Waals surface area contributed by atoms with E-state index in [1.807, 2.05) is 91.9 Å². The average molecular weight is 511 g/mol. The number of carbonyl (C=O) groups is 2. The number of nitrogens with one attached hydrogen (secondary N) is 2. The van der Waals surface area contributed by atoms with Crippen molar-refractivity contribution in [1.29, 1.82) is 0 Å². The van der Waals surface area contributed by atoms with Crippen molar-refractivity contribution >= 4 is 34.6 Å². The molecule has 4 aromatic carbocycles. The molecule has 0 fully saturated rings. The molecule has 190 valence electrons. The zero-order chi connectivity index (χ0) is 26.8. The second-order valence-corrected chi connectivity index (χ2v) is 9.46. The molecule has 2 N–H and O–H groups in total. The van der Waals surface area contributed by atoms with Gasteiger partial charge in [0.25, 0.3) is 11.8 Å². The third-order valence-corrected chi connectivity index (χ3v) is 6.91. The molecule has 0 aliphatic carbocycles. The van der Waals surface area contributed by atoms with Crippen molar-refractivity contribution in [3.63, 3.8) is 0 Å². The van der Waals surface area contributed by atoms with E-state index in [1.165, 1.54) is 0 Å². The highest BCUT2D eigenvalue weighted by Crippen LogP contribution is 2.36. The maximum absolute atomic E-state index is 13.9. The molecule has 2 amide bonds. The Morgan fingerprint density at radius 3 is 2.41 bits per heavy atom. The lowest BCUT2D eigenvalue weighted by atomic mass is 10.0. The van der Waals surface area contributed by atoms with Crippen molar-refractivity contribution in [1.82, 2.24) is 4.98 Å². The Morgan fingerprint density at radius 2 is 1.59 bits per heavy atom. The van der Waals surface area contributed by atoms with E-state index in [0.29, 0.717) is 23.4 Å². The molecule has 0 spiro atoms. The van der Waals surface area contributed by atoms with Crippen molar-refractivity contribution < 1.29 is 9.59 Å². The number of rotatable bonds is 4. The van der Waals surface area contributed by atoms with Gasteiger partial charge in [-0.3, -0.25) is 14.6 Å². The van der Waals surface area contributed by atoms with E-state index in [2.05, 4.69) is 15.6 Å². The molecule has 0 saturated heterocycles. The molecule has 6 nitrogen and oxygen atoms in total. The molecule has 5 aromatic rings. The number of amides is 2. The Kier molecular flexibility index (Phi) is 6.35. The zero-order valence-corrected chi connectivity index (χ0v) is 21.4. The van der Waals surface area contributed by atoms with E-state index in [1.54, 1.807) is 35.5 Å². The molecule has 6 heteroatoms. The average Bonchev–Trinajstić information content (AvgIpc) is 3.14. The Bertz CT molecular complexity index is 1700. The number of fused-ring (bicyclic) bond motifs is 2. The van der Waals surface area contributed by atoms with Gasteiger partial charge in [-0.25, -0.2) is 0 Å². The summed E-state index contributed by atoms with van der Waals surface area (Å²) >= 11 is 0. The normalized spacial score (nSPS) is 12.0. The van der Waals surface area contributed by atoms with Crippen LogP contribution < -0.4 is 15.5 Å². The summed E-state index contributed by atoms with van der Waals surface area (Å²) in [7, 11) is 0. The highest BCUT2D eigenvalue weighted by atomic mass is 16.2. The Morgan fingerprint density at radius 1 is 0.821 bits per heavy atom. The van der Waals surface area contributed by atoms with Crippen molar-refractivity contribution in [2.75, 3.05) is 15.5 Å². The molecule has 6 rings (SSSR count). The fourth-order valence-corrected chi connectivity index (χ4v) is 4.96. The summed E-state index contributed by atoms with van der Waals surface area (Å²) in [5.41, 5.74) is 7.94. The van der Waals surface area contributed by atoms with Crippen LogP contribution in [-0.4, -0.2) is 16.8 Å². The van der Waals surface area contributed by atoms with Gasteiger partial charge in [0.2, 0.25) is 0 Å². The summed E-state index contributed by atoms with van der Waals surface area (Å²) in [6.07, 6.45) is 3.45. The molecule has 39 heavy (non-hydrogen) atoms. The molecule has 1 aliphatic rings. The highest BCUT2D eigenvalue weighted by molar-refractivity contribution is 6.11. The first-order valence-electron chi connectivity index (χ1n) is 12.8. The van der Waals surface area contributed by atoms with Gasteiger partial charge >= 0.3 is 0 Å². The van der Waals surface area contributed by atoms with Crippen LogP contribution in [0.5, 0.6) is 0 Å². The Balaban J connectivity index is 1.28. The van der Waals surface area contributed by atoms with Crippen LogP contribution in [0.2, 0.25) is 0 Å². The van der Waals surface area contributed by atoms with Crippen LogP contribution >= 0.6 is 0 Å². The number of aryl methyl sites for hydroxylation is 1. The molecule has 1 aromatic heterocycles. The molecule has 0 bridgehead atoms. The lowest BCUT2D eigenvalue weighted by Gasteiger charge is -2.24. The molecule has 2 heterocycles. The molecule has 0 radical (unpaired) electrons. The van der Waals surface area contributed by atoms with Gasteiger partial charge in [-0.1, -0.05) is 54.6 Å².